The zero-order chi connectivity index (χ0) is 16.9. The number of allylic oxidation sites excluding steroid dienone is 1. The van der Waals surface area contributed by atoms with Gasteiger partial charge in [0.2, 0.25) is 5.78 Å². The van der Waals surface area contributed by atoms with Crippen molar-refractivity contribution in [2.45, 2.75) is 6.92 Å². The number of hydrogen-bond acceptors (Lipinski definition) is 5. The van der Waals surface area contributed by atoms with Crippen LogP contribution in [0.4, 0.5) is 0 Å². The number of aromatic nitrogens is 1. The van der Waals surface area contributed by atoms with Crippen molar-refractivity contribution in [3.05, 3.63) is 59.1 Å². The van der Waals surface area contributed by atoms with E-state index in [9.17, 15) is 4.79 Å². The fourth-order valence-electron chi connectivity index (χ4n) is 2.37. The summed E-state index contributed by atoms with van der Waals surface area (Å²) in [7, 11) is 1.59. The van der Waals surface area contributed by atoms with Gasteiger partial charge in [0, 0.05) is 5.56 Å². The number of ether oxygens (including phenoxy) is 2. The molecule has 122 valence electrons. The molecule has 5 heteroatoms. The Morgan fingerprint density at radius 2 is 2.04 bits per heavy atom. The van der Waals surface area contributed by atoms with Crippen LogP contribution in [0.25, 0.3) is 16.3 Å². The first-order chi connectivity index (χ1) is 11.7. The molecule has 0 atom stereocenters. The van der Waals surface area contributed by atoms with Crippen LogP contribution >= 0.6 is 11.3 Å². The molecule has 0 amide bonds. The average molecular weight is 339 g/mol. The van der Waals surface area contributed by atoms with E-state index in [1.54, 1.807) is 13.2 Å². The predicted octanol–water partition coefficient (Wildman–Crippen LogP) is 4.60. The van der Waals surface area contributed by atoms with Crippen molar-refractivity contribution in [2.75, 3.05) is 13.7 Å². The maximum absolute atomic E-state index is 12.4. The molecule has 1 aromatic heterocycles. The van der Waals surface area contributed by atoms with Gasteiger partial charge in [0.25, 0.3) is 0 Å². The number of ketones is 1. The van der Waals surface area contributed by atoms with Crippen molar-refractivity contribution in [2.24, 2.45) is 0 Å². The first-order valence-electron chi connectivity index (χ1n) is 7.60. The summed E-state index contributed by atoms with van der Waals surface area (Å²) in [4.78, 5) is 16.8. The van der Waals surface area contributed by atoms with Crippen molar-refractivity contribution >= 4 is 33.4 Å². The third-order valence-corrected chi connectivity index (χ3v) is 4.48. The lowest BCUT2D eigenvalue weighted by molar-refractivity contribution is 0.104. The summed E-state index contributed by atoms with van der Waals surface area (Å²) in [6.45, 7) is 2.47. The number of carbonyl (C=O) groups is 1. The van der Waals surface area contributed by atoms with Gasteiger partial charge in [-0.2, -0.15) is 0 Å². The highest BCUT2D eigenvalue weighted by molar-refractivity contribution is 7.20. The third kappa shape index (κ3) is 3.31. The number of benzene rings is 2. The van der Waals surface area contributed by atoms with Crippen LogP contribution in [-0.2, 0) is 0 Å². The molecule has 0 saturated carbocycles. The average Bonchev–Trinajstić information content (AvgIpc) is 3.04. The maximum Gasteiger partial charge on any atom is 0.214 e. The van der Waals surface area contributed by atoms with Crippen LogP contribution in [0.15, 0.2) is 48.5 Å². The number of fused-ring (bicyclic) bond motifs is 1. The predicted molar refractivity (Wildman–Crippen MR) is 97.1 cm³/mol. The minimum atomic E-state index is -0.125. The summed E-state index contributed by atoms with van der Waals surface area (Å²) in [5, 5.41) is 0.479. The van der Waals surface area contributed by atoms with Gasteiger partial charge in [-0.1, -0.05) is 24.3 Å². The highest BCUT2D eigenvalue weighted by Crippen LogP contribution is 2.32. The van der Waals surface area contributed by atoms with Gasteiger partial charge < -0.3 is 9.47 Å². The monoisotopic (exact) mass is 339 g/mol. The first-order valence-corrected chi connectivity index (χ1v) is 8.42. The Morgan fingerprint density at radius 1 is 1.21 bits per heavy atom. The minimum Gasteiger partial charge on any atom is -0.492 e. The molecule has 3 rings (SSSR count). The van der Waals surface area contributed by atoms with Crippen molar-refractivity contribution in [1.82, 2.24) is 4.98 Å². The number of thiazole rings is 1. The van der Waals surface area contributed by atoms with Gasteiger partial charge in [-0.25, -0.2) is 4.98 Å². The molecule has 0 saturated heterocycles. The largest absolute Gasteiger partial charge is 0.492 e. The van der Waals surface area contributed by atoms with Crippen LogP contribution in [0.2, 0.25) is 0 Å². The van der Waals surface area contributed by atoms with E-state index in [1.165, 1.54) is 17.4 Å². The van der Waals surface area contributed by atoms with Crippen molar-refractivity contribution in [1.29, 1.82) is 0 Å². The maximum atomic E-state index is 12.4. The van der Waals surface area contributed by atoms with E-state index in [2.05, 4.69) is 4.98 Å². The fraction of sp³-hybridized carbons (Fsp3) is 0.158. The van der Waals surface area contributed by atoms with Crippen LogP contribution < -0.4 is 9.47 Å². The molecule has 0 aliphatic carbocycles. The number of para-hydroxylation sites is 2. The molecule has 4 nitrogen and oxygen atoms in total. The zero-order valence-electron chi connectivity index (χ0n) is 13.5. The van der Waals surface area contributed by atoms with Gasteiger partial charge >= 0.3 is 0 Å². The summed E-state index contributed by atoms with van der Waals surface area (Å²) in [6, 6.07) is 13.3. The topological polar surface area (TPSA) is 48.4 Å². The Kier molecular flexibility index (Phi) is 4.91. The highest BCUT2D eigenvalue weighted by atomic mass is 32.1. The normalized spacial score (nSPS) is 11.1. The standard InChI is InChI=1S/C19H17NO3S/c1-3-23-16-9-6-7-13(18(16)22-2)11-12-15(21)19-20-14-8-4-5-10-17(14)24-19/h4-12H,3H2,1-2H3. The quantitative estimate of drug-likeness (QED) is 0.486. The first kappa shape index (κ1) is 16.2. The molecule has 0 N–H and O–H groups in total. The van der Waals surface area contributed by atoms with Crippen LogP contribution in [0.3, 0.4) is 0 Å². The van der Waals surface area contributed by atoms with E-state index in [0.717, 1.165) is 15.8 Å². The van der Waals surface area contributed by atoms with Gasteiger partial charge in [0.1, 0.15) is 0 Å². The lowest BCUT2D eigenvalue weighted by Gasteiger charge is -2.11. The van der Waals surface area contributed by atoms with Gasteiger partial charge in [0.05, 0.1) is 23.9 Å². The van der Waals surface area contributed by atoms with Gasteiger partial charge in [-0.3, -0.25) is 4.79 Å². The molecule has 3 aromatic rings. The number of carbonyl (C=O) groups excluding carboxylic acids is 1. The molecular weight excluding hydrogens is 322 g/mol. The fourth-order valence-corrected chi connectivity index (χ4v) is 3.25. The number of methoxy groups -OCH3 is 1. The molecule has 24 heavy (non-hydrogen) atoms. The van der Waals surface area contributed by atoms with Crippen LogP contribution in [-0.4, -0.2) is 24.5 Å². The van der Waals surface area contributed by atoms with E-state index < -0.39 is 0 Å². The minimum absolute atomic E-state index is 0.125. The second kappa shape index (κ2) is 7.27. The molecule has 0 bridgehead atoms. The summed E-state index contributed by atoms with van der Waals surface area (Å²) < 4.78 is 12.0. The molecule has 0 fully saturated rings. The van der Waals surface area contributed by atoms with Crippen LogP contribution in [0, 0.1) is 0 Å². The smallest absolute Gasteiger partial charge is 0.214 e. The second-order valence-electron chi connectivity index (χ2n) is 5.00. The van der Waals surface area contributed by atoms with E-state index >= 15 is 0 Å². The molecule has 2 aromatic carbocycles. The van der Waals surface area contributed by atoms with Gasteiger partial charge in [-0.05, 0) is 37.3 Å². The Bertz CT molecular complexity index is 866. The van der Waals surface area contributed by atoms with E-state index in [0.29, 0.717) is 23.1 Å². The molecule has 1 heterocycles. The summed E-state index contributed by atoms with van der Waals surface area (Å²) in [6.07, 6.45) is 3.25. The van der Waals surface area contributed by atoms with Crippen LogP contribution in [0.5, 0.6) is 11.5 Å². The van der Waals surface area contributed by atoms with Crippen molar-refractivity contribution < 1.29 is 14.3 Å². The Labute approximate surface area is 144 Å². The highest BCUT2D eigenvalue weighted by Gasteiger charge is 2.11. The second-order valence-corrected chi connectivity index (χ2v) is 6.03. The van der Waals surface area contributed by atoms with Crippen molar-refractivity contribution in [3.63, 3.8) is 0 Å². The molecular formula is C19H17NO3S. The summed E-state index contributed by atoms with van der Waals surface area (Å²) in [5.41, 5.74) is 1.63. The summed E-state index contributed by atoms with van der Waals surface area (Å²) in [5.74, 6) is 1.15. The van der Waals surface area contributed by atoms with Crippen molar-refractivity contribution in [3.8, 4) is 11.5 Å². The lowest BCUT2D eigenvalue weighted by Crippen LogP contribution is -1.97. The number of rotatable bonds is 6. The Balaban J connectivity index is 1.87. The molecule has 0 radical (unpaired) electrons. The van der Waals surface area contributed by atoms with E-state index in [4.69, 9.17) is 9.47 Å². The Morgan fingerprint density at radius 3 is 2.79 bits per heavy atom. The SMILES string of the molecule is CCOc1cccc(C=CC(=O)c2nc3ccccc3s2)c1OC. The van der Waals surface area contributed by atoms with Crippen LogP contribution in [0.1, 0.15) is 22.3 Å². The van der Waals surface area contributed by atoms with Gasteiger partial charge in [-0.15, -0.1) is 11.3 Å². The summed E-state index contributed by atoms with van der Waals surface area (Å²) >= 11 is 1.39. The molecule has 0 aliphatic rings. The number of nitrogens with zero attached hydrogens (tertiary/aromatic N) is 1. The molecule has 0 spiro atoms. The molecule has 0 unspecified atom stereocenters. The Hall–Kier alpha value is -2.66. The van der Waals surface area contributed by atoms with E-state index in [1.807, 2.05) is 49.4 Å². The van der Waals surface area contributed by atoms with E-state index in [-0.39, 0.29) is 5.78 Å². The number of hydrogen-bond donors (Lipinski definition) is 0. The third-order valence-electron chi connectivity index (χ3n) is 3.43. The lowest BCUT2D eigenvalue weighted by atomic mass is 10.1. The zero-order valence-corrected chi connectivity index (χ0v) is 14.3. The molecule has 0 aliphatic heterocycles. The van der Waals surface area contributed by atoms with Gasteiger partial charge in [0.15, 0.2) is 16.5 Å².